The lowest BCUT2D eigenvalue weighted by atomic mass is 10.0. The monoisotopic (exact) mass is 252 g/mol. The van der Waals surface area contributed by atoms with Crippen LogP contribution in [0.25, 0.3) is 0 Å². The molecule has 0 aliphatic rings. The van der Waals surface area contributed by atoms with Crippen LogP contribution in [0.4, 0.5) is 4.39 Å². The summed E-state index contributed by atoms with van der Waals surface area (Å²) < 4.78 is 13.1. The molecule has 0 saturated carbocycles. The number of benzene rings is 1. The summed E-state index contributed by atoms with van der Waals surface area (Å²) in [4.78, 5) is 11.8. The predicted octanol–water partition coefficient (Wildman–Crippen LogP) is 2.38. The standard InChI is InChI=1S/C14H21FN2O/c1-3-11(9-16)7-14(18)17-10(2)12-5-4-6-13(15)8-12/h4-6,8,10-11H,3,7,9,16H2,1-2H3,(H,17,18)/t10-,11?/m1/s1. The summed E-state index contributed by atoms with van der Waals surface area (Å²) in [5, 5.41) is 2.86. The van der Waals surface area contributed by atoms with E-state index in [0.29, 0.717) is 13.0 Å². The molecule has 100 valence electrons. The van der Waals surface area contributed by atoms with Crippen molar-refractivity contribution in [1.29, 1.82) is 0 Å². The molecule has 0 radical (unpaired) electrons. The van der Waals surface area contributed by atoms with Crippen LogP contribution in [0.3, 0.4) is 0 Å². The Labute approximate surface area is 108 Å². The van der Waals surface area contributed by atoms with E-state index in [1.54, 1.807) is 12.1 Å². The molecule has 3 nitrogen and oxygen atoms in total. The van der Waals surface area contributed by atoms with Gasteiger partial charge in [-0.2, -0.15) is 0 Å². The summed E-state index contributed by atoms with van der Waals surface area (Å²) in [5.41, 5.74) is 6.33. The van der Waals surface area contributed by atoms with E-state index in [-0.39, 0.29) is 23.7 Å². The van der Waals surface area contributed by atoms with Crippen molar-refractivity contribution in [3.05, 3.63) is 35.6 Å². The van der Waals surface area contributed by atoms with Gasteiger partial charge in [0.1, 0.15) is 5.82 Å². The maximum atomic E-state index is 13.1. The summed E-state index contributed by atoms with van der Waals surface area (Å²) >= 11 is 0. The van der Waals surface area contributed by atoms with Crippen molar-refractivity contribution in [2.45, 2.75) is 32.7 Å². The van der Waals surface area contributed by atoms with Gasteiger partial charge in [0.25, 0.3) is 0 Å². The number of rotatable bonds is 6. The van der Waals surface area contributed by atoms with Gasteiger partial charge in [-0.1, -0.05) is 25.5 Å². The molecule has 0 aliphatic heterocycles. The number of nitrogens with one attached hydrogen (secondary N) is 1. The van der Waals surface area contributed by atoms with Gasteiger partial charge in [-0.3, -0.25) is 4.79 Å². The second-order valence-corrected chi connectivity index (χ2v) is 4.56. The van der Waals surface area contributed by atoms with E-state index in [0.717, 1.165) is 12.0 Å². The molecule has 1 aromatic carbocycles. The Morgan fingerprint density at radius 3 is 2.78 bits per heavy atom. The first-order chi connectivity index (χ1) is 8.56. The Bertz CT molecular complexity index is 391. The number of hydrogen-bond donors (Lipinski definition) is 2. The van der Waals surface area contributed by atoms with Crippen LogP contribution in [0.2, 0.25) is 0 Å². The zero-order valence-electron chi connectivity index (χ0n) is 10.9. The molecule has 1 unspecified atom stereocenters. The van der Waals surface area contributed by atoms with Crippen molar-refractivity contribution in [1.82, 2.24) is 5.32 Å². The number of amides is 1. The second-order valence-electron chi connectivity index (χ2n) is 4.56. The summed E-state index contributed by atoms with van der Waals surface area (Å²) in [6.07, 6.45) is 1.31. The van der Waals surface area contributed by atoms with Gasteiger partial charge in [-0.25, -0.2) is 4.39 Å². The number of hydrogen-bond acceptors (Lipinski definition) is 2. The van der Waals surface area contributed by atoms with Gasteiger partial charge in [0.15, 0.2) is 0 Å². The lowest BCUT2D eigenvalue weighted by molar-refractivity contribution is -0.122. The highest BCUT2D eigenvalue weighted by Gasteiger charge is 2.14. The van der Waals surface area contributed by atoms with Crippen LogP contribution in [0.15, 0.2) is 24.3 Å². The molecule has 0 bridgehead atoms. The minimum absolute atomic E-state index is 0.0379. The van der Waals surface area contributed by atoms with E-state index >= 15 is 0 Å². The van der Waals surface area contributed by atoms with Crippen LogP contribution in [0.5, 0.6) is 0 Å². The summed E-state index contributed by atoms with van der Waals surface area (Å²) in [6, 6.07) is 6.07. The van der Waals surface area contributed by atoms with E-state index in [1.165, 1.54) is 12.1 Å². The summed E-state index contributed by atoms with van der Waals surface area (Å²) in [5.74, 6) is -0.115. The minimum atomic E-state index is -0.290. The third-order valence-corrected chi connectivity index (χ3v) is 3.11. The Morgan fingerprint density at radius 1 is 1.50 bits per heavy atom. The van der Waals surface area contributed by atoms with Gasteiger partial charge in [-0.05, 0) is 37.1 Å². The fourth-order valence-corrected chi connectivity index (χ4v) is 1.82. The van der Waals surface area contributed by atoms with Crippen molar-refractivity contribution < 1.29 is 9.18 Å². The molecule has 0 saturated heterocycles. The molecular weight excluding hydrogens is 231 g/mol. The molecule has 0 heterocycles. The van der Waals surface area contributed by atoms with E-state index in [2.05, 4.69) is 5.32 Å². The van der Waals surface area contributed by atoms with Crippen LogP contribution in [0.1, 0.15) is 38.3 Å². The van der Waals surface area contributed by atoms with Crippen molar-refractivity contribution >= 4 is 5.91 Å². The van der Waals surface area contributed by atoms with E-state index in [9.17, 15) is 9.18 Å². The van der Waals surface area contributed by atoms with Crippen LogP contribution >= 0.6 is 0 Å². The lowest BCUT2D eigenvalue weighted by Gasteiger charge is -2.17. The molecule has 18 heavy (non-hydrogen) atoms. The van der Waals surface area contributed by atoms with Crippen LogP contribution in [-0.2, 0) is 4.79 Å². The lowest BCUT2D eigenvalue weighted by Crippen LogP contribution is -2.30. The first kappa shape index (κ1) is 14.6. The van der Waals surface area contributed by atoms with Crippen molar-refractivity contribution in [2.24, 2.45) is 11.7 Å². The number of halogens is 1. The van der Waals surface area contributed by atoms with Crippen molar-refractivity contribution in [3.8, 4) is 0 Å². The molecule has 0 aromatic heterocycles. The molecule has 3 N–H and O–H groups in total. The highest BCUT2D eigenvalue weighted by molar-refractivity contribution is 5.76. The molecule has 4 heteroatoms. The highest BCUT2D eigenvalue weighted by Crippen LogP contribution is 2.14. The summed E-state index contributed by atoms with van der Waals surface area (Å²) in [6.45, 7) is 4.37. The van der Waals surface area contributed by atoms with Crippen LogP contribution in [-0.4, -0.2) is 12.5 Å². The molecule has 2 atom stereocenters. The van der Waals surface area contributed by atoms with Gasteiger partial charge in [0.2, 0.25) is 5.91 Å². The topological polar surface area (TPSA) is 55.1 Å². The maximum Gasteiger partial charge on any atom is 0.220 e. The Hall–Kier alpha value is -1.42. The van der Waals surface area contributed by atoms with Crippen molar-refractivity contribution in [2.75, 3.05) is 6.54 Å². The number of carbonyl (C=O) groups excluding carboxylic acids is 1. The predicted molar refractivity (Wildman–Crippen MR) is 70.4 cm³/mol. The molecule has 0 fully saturated rings. The first-order valence-electron chi connectivity index (χ1n) is 6.31. The summed E-state index contributed by atoms with van der Waals surface area (Å²) in [7, 11) is 0. The minimum Gasteiger partial charge on any atom is -0.350 e. The van der Waals surface area contributed by atoms with Gasteiger partial charge < -0.3 is 11.1 Å². The fourth-order valence-electron chi connectivity index (χ4n) is 1.82. The highest BCUT2D eigenvalue weighted by atomic mass is 19.1. The Morgan fingerprint density at radius 2 is 2.22 bits per heavy atom. The molecule has 0 spiro atoms. The molecular formula is C14H21FN2O. The SMILES string of the molecule is CCC(CN)CC(=O)N[C@H](C)c1cccc(F)c1. The van der Waals surface area contributed by atoms with Gasteiger partial charge >= 0.3 is 0 Å². The number of nitrogens with two attached hydrogens (primary N) is 1. The quantitative estimate of drug-likeness (QED) is 0.816. The molecule has 0 aliphatic carbocycles. The van der Waals surface area contributed by atoms with Crippen molar-refractivity contribution in [3.63, 3.8) is 0 Å². The zero-order chi connectivity index (χ0) is 13.5. The van der Waals surface area contributed by atoms with Gasteiger partial charge in [0, 0.05) is 6.42 Å². The molecule has 1 rings (SSSR count). The second kappa shape index (κ2) is 7.11. The maximum absolute atomic E-state index is 13.1. The average Bonchev–Trinajstić information content (AvgIpc) is 2.35. The third-order valence-electron chi connectivity index (χ3n) is 3.11. The largest absolute Gasteiger partial charge is 0.350 e. The molecule has 1 aromatic rings. The Balaban J connectivity index is 2.54. The van der Waals surface area contributed by atoms with E-state index in [4.69, 9.17) is 5.73 Å². The fraction of sp³-hybridized carbons (Fsp3) is 0.500. The first-order valence-corrected chi connectivity index (χ1v) is 6.31. The van der Waals surface area contributed by atoms with Gasteiger partial charge in [0.05, 0.1) is 6.04 Å². The average molecular weight is 252 g/mol. The normalized spacial score (nSPS) is 14.0. The third kappa shape index (κ3) is 4.45. The Kier molecular flexibility index (Phi) is 5.78. The number of carbonyl (C=O) groups is 1. The van der Waals surface area contributed by atoms with Crippen LogP contribution in [0, 0.1) is 11.7 Å². The molecule has 1 amide bonds. The zero-order valence-corrected chi connectivity index (χ0v) is 10.9. The van der Waals surface area contributed by atoms with Crippen LogP contribution < -0.4 is 11.1 Å². The van der Waals surface area contributed by atoms with E-state index < -0.39 is 0 Å². The van der Waals surface area contributed by atoms with Gasteiger partial charge in [-0.15, -0.1) is 0 Å². The van der Waals surface area contributed by atoms with E-state index in [1.807, 2.05) is 13.8 Å². The smallest absolute Gasteiger partial charge is 0.220 e.